The van der Waals surface area contributed by atoms with Crippen LogP contribution in [0.5, 0.6) is 0 Å². The lowest BCUT2D eigenvalue weighted by atomic mass is 10.0. The Morgan fingerprint density at radius 1 is 0.800 bits per heavy atom. The highest BCUT2D eigenvalue weighted by Gasteiger charge is 2.43. The molecule has 4 aliphatic rings. The van der Waals surface area contributed by atoms with Gasteiger partial charge in [-0.15, -0.1) is 0 Å². The van der Waals surface area contributed by atoms with Crippen LogP contribution >= 0.6 is 0 Å². The fourth-order valence-electron chi connectivity index (χ4n) is 2.89. The molecular formula is C19H22N4O2. The molecule has 6 heteroatoms. The molecule has 25 heavy (non-hydrogen) atoms. The molecule has 5 rings (SSSR count). The Labute approximate surface area is 147 Å². The fraction of sp³-hybridized carbons (Fsp3) is 0.368. The minimum Gasteiger partial charge on any atom is -0.365 e. The van der Waals surface area contributed by atoms with E-state index >= 15 is 0 Å². The molecule has 0 unspecified atom stereocenters. The van der Waals surface area contributed by atoms with Crippen LogP contribution in [-0.2, 0) is 16.1 Å². The maximum absolute atomic E-state index is 12.4. The minimum absolute atomic E-state index is 0.00546. The van der Waals surface area contributed by atoms with Crippen molar-refractivity contribution in [2.75, 3.05) is 39.3 Å². The number of hydrogen-bond acceptors (Lipinski definition) is 6. The molecule has 1 aromatic carbocycles. The van der Waals surface area contributed by atoms with E-state index in [0.717, 1.165) is 39.3 Å². The van der Waals surface area contributed by atoms with Gasteiger partial charge in [-0.2, -0.15) is 0 Å². The normalized spacial score (nSPS) is 21.0. The Bertz CT molecular complexity index is 757. The van der Waals surface area contributed by atoms with Gasteiger partial charge >= 0.3 is 0 Å². The molecule has 0 atom stereocenters. The summed E-state index contributed by atoms with van der Waals surface area (Å²) in [6.07, 6.45) is 1.52. The molecule has 3 heterocycles. The molecule has 0 amide bonds. The molecular weight excluding hydrogens is 316 g/mol. The largest absolute Gasteiger partial charge is 0.365 e. The van der Waals surface area contributed by atoms with Crippen LogP contribution in [0.3, 0.4) is 0 Å². The van der Waals surface area contributed by atoms with Crippen molar-refractivity contribution >= 4 is 11.6 Å². The Morgan fingerprint density at radius 3 is 1.84 bits per heavy atom. The van der Waals surface area contributed by atoms with Crippen molar-refractivity contribution in [2.24, 2.45) is 5.73 Å². The fourth-order valence-corrected chi connectivity index (χ4v) is 2.89. The van der Waals surface area contributed by atoms with Gasteiger partial charge in [0.05, 0.1) is 5.70 Å². The van der Waals surface area contributed by atoms with E-state index in [0.29, 0.717) is 23.6 Å². The summed E-state index contributed by atoms with van der Waals surface area (Å²) in [5.41, 5.74) is 8.42. The second kappa shape index (κ2) is 6.37. The van der Waals surface area contributed by atoms with Crippen LogP contribution in [0.15, 0.2) is 53.5 Å². The number of nitrogens with zero attached hydrogens (tertiary/aromatic N) is 3. The Kier molecular flexibility index (Phi) is 4.05. The summed E-state index contributed by atoms with van der Waals surface area (Å²) in [7, 11) is 0. The van der Waals surface area contributed by atoms with Crippen LogP contribution < -0.4 is 5.73 Å². The van der Waals surface area contributed by atoms with Gasteiger partial charge in [0.1, 0.15) is 11.4 Å². The van der Waals surface area contributed by atoms with Gasteiger partial charge < -0.3 is 20.4 Å². The predicted octanol–water partition coefficient (Wildman–Crippen LogP) is 0.326. The van der Waals surface area contributed by atoms with Crippen molar-refractivity contribution in [3.63, 3.8) is 0 Å². The van der Waals surface area contributed by atoms with Crippen LogP contribution in [0.1, 0.15) is 5.56 Å². The molecule has 0 aromatic heterocycles. The maximum atomic E-state index is 12.4. The average molecular weight is 338 g/mol. The first-order valence-corrected chi connectivity index (χ1v) is 8.73. The molecule has 0 saturated carbocycles. The van der Waals surface area contributed by atoms with Crippen molar-refractivity contribution in [1.82, 2.24) is 14.7 Å². The lowest BCUT2D eigenvalue weighted by Gasteiger charge is -2.21. The van der Waals surface area contributed by atoms with Crippen LogP contribution in [0.25, 0.3) is 0 Å². The van der Waals surface area contributed by atoms with Crippen LogP contribution in [0, 0.1) is 0 Å². The summed E-state index contributed by atoms with van der Waals surface area (Å²) in [6.45, 7) is 6.05. The van der Waals surface area contributed by atoms with Crippen molar-refractivity contribution in [3.05, 3.63) is 59.1 Å². The van der Waals surface area contributed by atoms with E-state index in [1.54, 1.807) is 0 Å². The molecule has 6 nitrogen and oxygen atoms in total. The lowest BCUT2D eigenvalue weighted by molar-refractivity contribution is -0.117. The number of allylic oxidation sites excluding steroid dienone is 1. The quantitative estimate of drug-likeness (QED) is 0.630. The number of rotatable bonds is 4. The summed E-state index contributed by atoms with van der Waals surface area (Å²) in [5.74, 6) is 0.0485. The smallest absolute Gasteiger partial charge is 0.227 e. The van der Waals surface area contributed by atoms with Gasteiger partial charge in [0.15, 0.2) is 0 Å². The van der Waals surface area contributed by atoms with E-state index in [9.17, 15) is 9.59 Å². The molecule has 2 N–H and O–H groups in total. The predicted molar refractivity (Wildman–Crippen MR) is 94.2 cm³/mol. The molecule has 0 radical (unpaired) electrons. The van der Waals surface area contributed by atoms with Gasteiger partial charge in [0, 0.05) is 51.9 Å². The third-order valence-corrected chi connectivity index (χ3v) is 4.57. The van der Waals surface area contributed by atoms with E-state index in [1.807, 2.05) is 45.0 Å². The molecule has 1 aromatic rings. The summed E-state index contributed by atoms with van der Waals surface area (Å²) >= 11 is 0. The number of carbonyl (C=O) groups is 2. The zero-order valence-corrected chi connectivity index (χ0v) is 14.1. The lowest BCUT2D eigenvalue weighted by Crippen LogP contribution is -2.29. The Balaban J connectivity index is 0.000000166. The van der Waals surface area contributed by atoms with Crippen molar-refractivity contribution in [1.29, 1.82) is 0 Å². The maximum Gasteiger partial charge on any atom is 0.227 e. The van der Waals surface area contributed by atoms with E-state index < -0.39 is 0 Å². The number of carbonyl (C=O) groups excluding carboxylic acids is 2. The van der Waals surface area contributed by atoms with Crippen molar-refractivity contribution in [2.45, 2.75) is 6.54 Å². The standard InChI is InChI=1S/C12H13N3O2.C7H9N/c16-9-7-8(13-1-2-13)12(17)11(15-5-6-15)10(9)14-3-4-14;8-6-7-4-2-1-3-5-7/h7H,1-6H2;1-5H,6,8H2. The average Bonchev–Trinajstić information content (AvgIpc) is 3.50. The summed E-state index contributed by atoms with van der Waals surface area (Å²) in [6, 6.07) is 9.99. The molecule has 3 fully saturated rings. The van der Waals surface area contributed by atoms with E-state index in [1.165, 1.54) is 11.6 Å². The van der Waals surface area contributed by atoms with Gasteiger partial charge in [0.2, 0.25) is 11.6 Å². The Hall–Kier alpha value is -2.60. The summed E-state index contributed by atoms with van der Waals surface area (Å²) < 4.78 is 0. The first-order valence-electron chi connectivity index (χ1n) is 8.73. The first-order chi connectivity index (χ1) is 12.2. The topological polar surface area (TPSA) is 69.2 Å². The van der Waals surface area contributed by atoms with E-state index in [2.05, 4.69) is 0 Å². The molecule has 0 bridgehead atoms. The third kappa shape index (κ3) is 3.44. The van der Waals surface area contributed by atoms with Crippen molar-refractivity contribution in [3.8, 4) is 0 Å². The number of nitrogens with two attached hydrogens (primary N) is 1. The first kappa shape index (κ1) is 15.9. The van der Waals surface area contributed by atoms with Gasteiger partial charge in [-0.3, -0.25) is 9.59 Å². The number of Topliss-reactive ketones (excluding diaryl/α,β-unsaturated/α-hetero) is 1. The second-order valence-corrected chi connectivity index (χ2v) is 6.57. The van der Waals surface area contributed by atoms with Gasteiger partial charge in [-0.25, -0.2) is 0 Å². The van der Waals surface area contributed by atoms with E-state index in [4.69, 9.17) is 5.73 Å². The highest BCUT2D eigenvalue weighted by molar-refractivity contribution is 6.22. The zero-order chi connectivity index (χ0) is 17.4. The number of benzene rings is 1. The number of ketones is 2. The highest BCUT2D eigenvalue weighted by atomic mass is 16.1. The molecule has 1 aliphatic carbocycles. The minimum atomic E-state index is 0.00546. The van der Waals surface area contributed by atoms with Gasteiger partial charge in [-0.05, 0) is 5.56 Å². The second-order valence-electron chi connectivity index (χ2n) is 6.57. The third-order valence-electron chi connectivity index (χ3n) is 4.57. The Morgan fingerprint density at radius 2 is 1.36 bits per heavy atom. The van der Waals surface area contributed by atoms with Gasteiger partial charge in [0.25, 0.3) is 0 Å². The van der Waals surface area contributed by atoms with E-state index in [-0.39, 0.29) is 11.6 Å². The molecule has 3 aliphatic heterocycles. The highest BCUT2D eigenvalue weighted by Crippen LogP contribution is 2.33. The molecule has 130 valence electrons. The van der Waals surface area contributed by atoms with Crippen LogP contribution in [-0.4, -0.2) is 65.5 Å². The summed E-state index contributed by atoms with van der Waals surface area (Å²) in [5, 5.41) is 0. The van der Waals surface area contributed by atoms with Crippen LogP contribution in [0.2, 0.25) is 0 Å². The molecule has 3 saturated heterocycles. The zero-order valence-electron chi connectivity index (χ0n) is 14.1. The number of hydrogen-bond donors (Lipinski definition) is 1. The van der Waals surface area contributed by atoms with Gasteiger partial charge in [-0.1, -0.05) is 30.3 Å². The van der Waals surface area contributed by atoms with Crippen molar-refractivity contribution < 1.29 is 9.59 Å². The van der Waals surface area contributed by atoms with Crippen LogP contribution in [0.4, 0.5) is 0 Å². The SMILES string of the molecule is NCc1ccccc1.O=C1C=C(N2CC2)C(=O)C(N2CC2)=C1N1CC1. The monoisotopic (exact) mass is 338 g/mol. The molecule has 0 spiro atoms. The summed E-state index contributed by atoms with van der Waals surface area (Å²) in [4.78, 5) is 30.5.